The maximum Gasteiger partial charge on any atom is 0.137 e. The Morgan fingerprint density at radius 1 is 0.472 bits per heavy atom. The van der Waals surface area contributed by atoms with Crippen LogP contribution in [0.1, 0.15) is 49.7 Å². The van der Waals surface area contributed by atoms with E-state index in [1.54, 1.807) is 17.5 Å². The highest BCUT2D eigenvalue weighted by atomic mass is 16.3. The molecule has 0 saturated heterocycles. The quantitative estimate of drug-likeness (QED) is 0.183. The first kappa shape index (κ1) is 29.4. The van der Waals surface area contributed by atoms with Crippen LogP contribution in [0.15, 0.2) is 144 Å². The molecule has 8 aliphatic carbocycles. The summed E-state index contributed by atoms with van der Waals surface area (Å²) in [4.78, 5) is 2.50. The Kier molecular flexibility index (Phi) is 5.84. The van der Waals surface area contributed by atoms with E-state index in [1.807, 2.05) is 0 Å². The van der Waals surface area contributed by atoms with Crippen LogP contribution in [-0.4, -0.2) is 0 Å². The van der Waals surface area contributed by atoms with E-state index in [0.717, 1.165) is 64.2 Å². The molecule has 6 aromatic carbocycles. The lowest BCUT2D eigenvalue weighted by atomic mass is 9.35. The molecule has 7 aromatic rings. The van der Waals surface area contributed by atoms with Gasteiger partial charge in [-0.05, 0) is 162 Å². The first-order valence-corrected chi connectivity index (χ1v) is 20.4. The SMILES string of the molecule is c1ccc(-c2ccc(N(c3ccc4c(c3)C3(c5ccccc5-4)C4CCC5C6CC7CC5C3C(C7)C6C4)c3ccc4c(c3)oc3ccccc34)cc2)cc1. The van der Waals surface area contributed by atoms with Gasteiger partial charge in [-0.15, -0.1) is 0 Å². The Balaban J connectivity index is 1.02. The summed E-state index contributed by atoms with van der Waals surface area (Å²) in [6.45, 7) is 0. The lowest BCUT2D eigenvalue weighted by Gasteiger charge is -2.69. The van der Waals surface area contributed by atoms with Crippen LogP contribution in [0, 0.1) is 47.3 Å². The fraction of sp³-hybridized carbons (Fsp3) is 0.294. The molecule has 2 nitrogen and oxygen atoms in total. The van der Waals surface area contributed by atoms with Crippen LogP contribution in [0.5, 0.6) is 0 Å². The predicted molar refractivity (Wildman–Crippen MR) is 216 cm³/mol. The number of hydrogen-bond donors (Lipinski definition) is 0. The second-order valence-electron chi connectivity index (χ2n) is 17.6. The van der Waals surface area contributed by atoms with E-state index in [4.69, 9.17) is 4.42 Å². The van der Waals surface area contributed by atoms with E-state index >= 15 is 0 Å². The molecule has 8 bridgehead atoms. The molecule has 0 aliphatic heterocycles. The zero-order valence-corrected chi connectivity index (χ0v) is 30.0. The van der Waals surface area contributed by atoms with Crippen molar-refractivity contribution in [2.24, 2.45) is 47.3 Å². The lowest BCUT2D eigenvalue weighted by Crippen LogP contribution is -2.64. The maximum absolute atomic E-state index is 6.50. The highest BCUT2D eigenvalue weighted by Crippen LogP contribution is 2.77. The van der Waals surface area contributed by atoms with Gasteiger partial charge in [-0.3, -0.25) is 0 Å². The van der Waals surface area contributed by atoms with E-state index in [1.165, 1.54) is 76.5 Å². The van der Waals surface area contributed by atoms with Crippen molar-refractivity contribution >= 4 is 39.0 Å². The molecule has 1 aromatic heterocycles. The molecule has 9 unspecified atom stereocenters. The topological polar surface area (TPSA) is 16.4 Å². The van der Waals surface area contributed by atoms with Gasteiger partial charge in [0.05, 0.1) is 0 Å². The van der Waals surface area contributed by atoms with Crippen LogP contribution in [-0.2, 0) is 5.41 Å². The van der Waals surface area contributed by atoms with Crippen molar-refractivity contribution in [1.82, 2.24) is 0 Å². The molecule has 9 atom stereocenters. The van der Waals surface area contributed by atoms with Crippen LogP contribution < -0.4 is 4.90 Å². The highest BCUT2D eigenvalue weighted by molar-refractivity contribution is 6.06. The molecule has 53 heavy (non-hydrogen) atoms. The van der Waals surface area contributed by atoms with Gasteiger partial charge in [0.2, 0.25) is 0 Å². The van der Waals surface area contributed by atoms with Gasteiger partial charge < -0.3 is 9.32 Å². The molecule has 0 N–H and O–H groups in total. The molecule has 1 spiro atoms. The molecule has 7 saturated carbocycles. The van der Waals surface area contributed by atoms with Crippen molar-refractivity contribution in [3.63, 3.8) is 0 Å². The summed E-state index contributed by atoms with van der Waals surface area (Å²) < 4.78 is 6.50. The molecule has 258 valence electrons. The van der Waals surface area contributed by atoms with Gasteiger partial charge in [-0.1, -0.05) is 91.0 Å². The van der Waals surface area contributed by atoms with Crippen LogP contribution in [0.4, 0.5) is 17.1 Å². The molecule has 0 amide bonds. The number of furan rings is 1. The van der Waals surface area contributed by atoms with E-state index in [9.17, 15) is 0 Å². The fourth-order valence-electron chi connectivity index (χ4n) is 14.2. The van der Waals surface area contributed by atoms with Crippen molar-refractivity contribution in [1.29, 1.82) is 0 Å². The third-order valence-electron chi connectivity index (χ3n) is 15.7. The summed E-state index contributed by atoms with van der Waals surface area (Å²) in [5.41, 5.74) is 14.3. The monoisotopic (exact) mass is 685 g/mol. The van der Waals surface area contributed by atoms with E-state index in [0.29, 0.717) is 0 Å². The zero-order valence-electron chi connectivity index (χ0n) is 30.0. The van der Waals surface area contributed by atoms with Gasteiger partial charge in [0, 0.05) is 39.3 Å². The summed E-state index contributed by atoms with van der Waals surface area (Å²) in [6, 6.07) is 52.4. The summed E-state index contributed by atoms with van der Waals surface area (Å²) >= 11 is 0. The van der Waals surface area contributed by atoms with Gasteiger partial charge >= 0.3 is 0 Å². The molecule has 0 radical (unpaired) electrons. The van der Waals surface area contributed by atoms with Crippen LogP contribution in [0.25, 0.3) is 44.2 Å². The van der Waals surface area contributed by atoms with Crippen molar-refractivity contribution in [3.05, 3.63) is 151 Å². The Hall–Kier alpha value is -5.08. The number of fused-ring (bicyclic) bond motifs is 7. The number of rotatable bonds is 4. The number of hydrogen-bond acceptors (Lipinski definition) is 2. The smallest absolute Gasteiger partial charge is 0.137 e. The molecule has 1 heterocycles. The summed E-state index contributed by atoms with van der Waals surface area (Å²) in [5.74, 6) is 7.19. The average molecular weight is 686 g/mol. The van der Waals surface area contributed by atoms with Gasteiger partial charge in [0.25, 0.3) is 0 Å². The van der Waals surface area contributed by atoms with Gasteiger partial charge in [-0.2, -0.15) is 0 Å². The normalized spacial score (nSPS) is 31.0. The number of benzene rings is 6. The Bertz CT molecular complexity index is 2600. The third-order valence-corrected chi connectivity index (χ3v) is 15.7. The van der Waals surface area contributed by atoms with E-state index in [2.05, 4.69) is 144 Å². The molecule has 8 aliphatic rings. The Labute approximate surface area is 311 Å². The van der Waals surface area contributed by atoms with Gasteiger partial charge in [-0.25, -0.2) is 0 Å². The van der Waals surface area contributed by atoms with E-state index in [-0.39, 0.29) is 5.41 Å². The van der Waals surface area contributed by atoms with Crippen molar-refractivity contribution in [2.75, 3.05) is 4.90 Å². The molecular weight excluding hydrogens is 643 g/mol. The third kappa shape index (κ3) is 3.80. The minimum Gasteiger partial charge on any atom is -0.456 e. The van der Waals surface area contributed by atoms with Crippen molar-refractivity contribution < 1.29 is 4.42 Å². The van der Waals surface area contributed by atoms with Crippen molar-refractivity contribution in [2.45, 2.75) is 43.9 Å². The molecule has 2 heteroatoms. The standard InChI is InChI=1S/C51H43NO/c1-2-8-31(9-3-1)32-14-17-34(18-15-32)52(36-20-23-41-40-11-5-7-13-48(40)53-49(41)29-36)35-19-22-39-38-10-4-6-12-46(38)51(47(39)28-35)33-16-21-37-42-24-30-25-44(37)50(51)45(26-30)43(42)27-33/h1-15,17-20,22-23,28-30,33,37,42-45,50H,16,21,24-27H2. The molecule has 15 rings (SSSR count). The van der Waals surface area contributed by atoms with Gasteiger partial charge in [0.1, 0.15) is 11.2 Å². The van der Waals surface area contributed by atoms with Crippen LogP contribution in [0.2, 0.25) is 0 Å². The zero-order chi connectivity index (χ0) is 34.4. The predicted octanol–water partition coefficient (Wildman–Crippen LogP) is 13.3. The summed E-state index contributed by atoms with van der Waals surface area (Å²) in [7, 11) is 0. The lowest BCUT2D eigenvalue weighted by molar-refractivity contribution is -0.170. The van der Waals surface area contributed by atoms with Crippen molar-refractivity contribution in [3.8, 4) is 22.3 Å². The van der Waals surface area contributed by atoms with E-state index < -0.39 is 0 Å². The first-order valence-electron chi connectivity index (χ1n) is 20.4. The molecule has 7 fully saturated rings. The fourth-order valence-corrected chi connectivity index (χ4v) is 14.2. The maximum atomic E-state index is 6.50. The first-order chi connectivity index (χ1) is 26.2. The van der Waals surface area contributed by atoms with Crippen LogP contribution >= 0.6 is 0 Å². The summed E-state index contributed by atoms with van der Waals surface area (Å²) in [5, 5.41) is 2.34. The van der Waals surface area contributed by atoms with Crippen LogP contribution in [0.3, 0.4) is 0 Å². The molecular formula is C51H43NO. The highest BCUT2D eigenvalue weighted by Gasteiger charge is 2.71. The second kappa shape index (κ2) is 10.5. The number of nitrogens with zero attached hydrogens (tertiary/aromatic N) is 1. The van der Waals surface area contributed by atoms with Gasteiger partial charge in [0.15, 0.2) is 0 Å². The average Bonchev–Trinajstić information content (AvgIpc) is 3.59. The second-order valence-corrected chi connectivity index (χ2v) is 17.6. The Morgan fingerprint density at radius 3 is 2.04 bits per heavy atom. The largest absolute Gasteiger partial charge is 0.456 e. The Morgan fingerprint density at radius 2 is 1.13 bits per heavy atom. The summed E-state index contributed by atoms with van der Waals surface area (Å²) in [6.07, 6.45) is 8.80. The minimum absolute atomic E-state index is 0.112. The number of para-hydroxylation sites is 1. The minimum atomic E-state index is 0.112. The number of anilines is 3.